The molecule has 1 heterocycles. The molecule has 0 bridgehead atoms. The van der Waals surface area contributed by atoms with Gasteiger partial charge in [0.05, 0.1) is 0 Å². The van der Waals surface area contributed by atoms with Crippen molar-refractivity contribution in [1.29, 1.82) is 0 Å². The van der Waals surface area contributed by atoms with Crippen LogP contribution in [0.5, 0.6) is 0 Å². The molecule has 1 aliphatic rings. The van der Waals surface area contributed by atoms with E-state index in [1.807, 2.05) is 0 Å². The van der Waals surface area contributed by atoms with Crippen LogP contribution in [0.2, 0.25) is 25.7 Å². The van der Waals surface area contributed by atoms with Crippen LogP contribution in [0.25, 0.3) is 0 Å². The lowest BCUT2D eigenvalue weighted by Gasteiger charge is -2.49. The van der Waals surface area contributed by atoms with E-state index in [1.54, 1.807) is 28.4 Å². The molecule has 0 spiro atoms. The van der Waals surface area contributed by atoms with Crippen molar-refractivity contribution < 1.29 is 17.7 Å². The third-order valence-electron chi connectivity index (χ3n) is 3.91. The monoisotopic (exact) mass is 370 g/mol. The minimum Gasteiger partial charge on any atom is -0.396 e. The van der Waals surface area contributed by atoms with Crippen molar-refractivity contribution in [3.05, 3.63) is 0 Å². The molecule has 2 atom stereocenters. The number of hydrogen-bond donors (Lipinski definition) is 4. The molecule has 1 saturated heterocycles. The Morgan fingerprint density at radius 3 is 1.19 bits per heavy atom. The number of rotatable bonds is 5. The zero-order chi connectivity index (χ0) is 16.4. The molecular weight excluding hydrogens is 340 g/mol. The molecule has 0 saturated carbocycles. The van der Waals surface area contributed by atoms with E-state index in [0.717, 1.165) is 6.04 Å². The summed E-state index contributed by atoms with van der Waals surface area (Å²) in [6.07, 6.45) is 0. The molecule has 0 radical (unpaired) electrons. The average Bonchev–Trinajstić information content (AvgIpc) is 2.45. The van der Waals surface area contributed by atoms with Gasteiger partial charge in [-0.2, -0.15) is 0 Å². The lowest BCUT2D eigenvalue weighted by atomic mass is 11.0. The quantitative estimate of drug-likeness (QED) is 0.487. The first-order chi connectivity index (χ1) is 9.63. The predicted octanol–water partition coefficient (Wildman–Crippen LogP) is -0.391. The van der Waals surface area contributed by atoms with Gasteiger partial charge in [-0.25, -0.2) is 0 Å². The fraction of sp³-hybridized carbons (Fsp3) is 1.00. The summed E-state index contributed by atoms with van der Waals surface area (Å²) >= 11 is 0. The van der Waals surface area contributed by atoms with E-state index >= 15 is 0 Å². The average molecular weight is 371 g/mol. The SMILES string of the molecule is CC[Si]1(OC)N[Si](C)(OC)N[Si](C)(OC)N[Si](C)(OC)N1. The third-order valence-corrected chi connectivity index (χ3v) is 22.7. The largest absolute Gasteiger partial charge is 0.396 e. The van der Waals surface area contributed by atoms with Gasteiger partial charge in [0, 0.05) is 28.4 Å². The molecule has 1 aliphatic heterocycles. The van der Waals surface area contributed by atoms with Crippen LogP contribution < -0.4 is 18.6 Å². The van der Waals surface area contributed by atoms with Gasteiger partial charge < -0.3 is 17.7 Å². The molecule has 2 unspecified atom stereocenters. The first-order valence-electron chi connectivity index (χ1n) is 7.01. The van der Waals surface area contributed by atoms with Gasteiger partial charge in [0.1, 0.15) is 0 Å². The zero-order valence-electron chi connectivity index (χ0n) is 14.3. The Bertz CT molecular complexity index is 341. The molecule has 8 nitrogen and oxygen atoms in total. The second-order valence-corrected chi connectivity index (χ2v) is 19.8. The van der Waals surface area contributed by atoms with E-state index in [2.05, 4.69) is 45.2 Å². The topological polar surface area (TPSA) is 85.0 Å². The van der Waals surface area contributed by atoms with Crippen LogP contribution in [0.15, 0.2) is 0 Å². The highest BCUT2D eigenvalue weighted by Crippen LogP contribution is 2.16. The second-order valence-electron chi connectivity index (χ2n) is 5.60. The fourth-order valence-electron chi connectivity index (χ4n) is 2.54. The molecule has 21 heavy (non-hydrogen) atoms. The standard InChI is InChI=1S/C9H30N4O4Si4/c1-9-21(17-5)12-19(7,15-3)10-18(6,14-2)11-20(8,13-21)16-4/h10-13H,9H2,1-8H3. The van der Waals surface area contributed by atoms with Gasteiger partial charge in [-0.1, -0.05) is 6.92 Å². The van der Waals surface area contributed by atoms with Crippen LogP contribution in [0.1, 0.15) is 6.92 Å². The maximum absolute atomic E-state index is 5.88. The molecule has 4 N–H and O–H groups in total. The Morgan fingerprint density at radius 2 is 0.952 bits per heavy atom. The highest BCUT2D eigenvalue weighted by atomic mass is 28.5. The van der Waals surface area contributed by atoms with Gasteiger partial charge >= 0.3 is 34.6 Å². The predicted molar refractivity (Wildman–Crippen MR) is 91.7 cm³/mol. The summed E-state index contributed by atoms with van der Waals surface area (Å²) < 4.78 is 37.7. The van der Waals surface area contributed by atoms with Gasteiger partial charge in [-0.3, -0.25) is 18.6 Å². The van der Waals surface area contributed by atoms with Crippen molar-refractivity contribution >= 4 is 34.6 Å². The van der Waals surface area contributed by atoms with Crippen LogP contribution in [0, 0.1) is 0 Å². The summed E-state index contributed by atoms with van der Waals surface area (Å²) in [4.78, 5) is 0. The van der Waals surface area contributed by atoms with E-state index < -0.39 is 34.6 Å². The number of hydrogen-bond acceptors (Lipinski definition) is 8. The Hall–Kier alpha value is 0.548. The van der Waals surface area contributed by atoms with Gasteiger partial charge in [-0.05, 0) is 25.7 Å². The van der Waals surface area contributed by atoms with E-state index in [-0.39, 0.29) is 0 Å². The Labute approximate surface area is 132 Å². The second kappa shape index (κ2) is 6.98. The molecule has 0 aromatic carbocycles. The van der Waals surface area contributed by atoms with Crippen molar-refractivity contribution in [2.75, 3.05) is 28.4 Å². The minimum absolute atomic E-state index is 0.857. The molecule has 12 heteroatoms. The van der Waals surface area contributed by atoms with Crippen molar-refractivity contribution in [2.24, 2.45) is 0 Å². The highest BCUT2D eigenvalue weighted by Gasteiger charge is 2.56. The lowest BCUT2D eigenvalue weighted by molar-refractivity contribution is 0.322. The summed E-state index contributed by atoms with van der Waals surface area (Å²) in [5.74, 6) is 0. The number of nitrogens with one attached hydrogen (secondary N) is 4. The van der Waals surface area contributed by atoms with Crippen molar-refractivity contribution in [2.45, 2.75) is 32.6 Å². The molecule has 1 rings (SSSR count). The summed E-state index contributed by atoms with van der Waals surface area (Å²) in [7, 11) is -2.66. The van der Waals surface area contributed by atoms with Gasteiger partial charge in [0.25, 0.3) is 0 Å². The van der Waals surface area contributed by atoms with E-state index in [0.29, 0.717) is 0 Å². The minimum atomic E-state index is -2.39. The third kappa shape index (κ3) is 4.52. The summed E-state index contributed by atoms with van der Waals surface area (Å²) in [5, 5.41) is 0. The van der Waals surface area contributed by atoms with E-state index in [1.165, 1.54) is 0 Å². The molecule has 0 aliphatic carbocycles. The Balaban J connectivity index is 3.24. The van der Waals surface area contributed by atoms with E-state index in [9.17, 15) is 0 Å². The summed E-state index contributed by atoms with van der Waals surface area (Å²) in [6, 6.07) is 0.857. The smallest absolute Gasteiger partial charge is 0.343 e. The van der Waals surface area contributed by atoms with Crippen molar-refractivity contribution in [1.82, 2.24) is 18.6 Å². The maximum atomic E-state index is 5.88. The molecule has 1 fully saturated rings. The van der Waals surface area contributed by atoms with Crippen molar-refractivity contribution in [3.63, 3.8) is 0 Å². The van der Waals surface area contributed by atoms with Crippen LogP contribution in [-0.4, -0.2) is 63.0 Å². The molecule has 126 valence electrons. The van der Waals surface area contributed by atoms with Crippen LogP contribution in [0.3, 0.4) is 0 Å². The zero-order valence-corrected chi connectivity index (χ0v) is 18.3. The lowest BCUT2D eigenvalue weighted by Crippen LogP contribution is -2.92. The van der Waals surface area contributed by atoms with Crippen LogP contribution in [-0.2, 0) is 17.7 Å². The molecule has 0 aromatic heterocycles. The van der Waals surface area contributed by atoms with Gasteiger partial charge in [-0.15, -0.1) is 0 Å². The summed E-state index contributed by atoms with van der Waals surface area (Å²) in [6.45, 7) is 8.33. The Kier molecular flexibility index (Phi) is 6.51. The van der Waals surface area contributed by atoms with Gasteiger partial charge in [0.2, 0.25) is 0 Å². The van der Waals surface area contributed by atoms with Crippen LogP contribution >= 0.6 is 0 Å². The van der Waals surface area contributed by atoms with Gasteiger partial charge in [0.15, 0.2) is 0 Å². The molecule has 0 aromatic rings. The first-order valence-corrected chi connectivity index (χ1v) is 16.4. The summed E-state index contributed by atoms with van der Waals surface area (Å²) in [5.41, 5.74) is 0. The normalized spacial score (nSPS) is 45.1. The molecule has 0 amide bonds. The molecular formula is C9H30N4O4Si4. The Morgan fingerprint density at radius 1 is 0.619 bits per heavy atom. The fourth-order valence-corrected chi connectivity index (χ4v) is 24.2. The van der Waals surface area contributed by atoms with Crippen molar-refractivity contribution in [3.8, 4) is 0 Å². The van der Waals surface area contributed by atoms with Crippen LogP contribution in [0.4, 0.5) is 0 Å². The van der Waals surface area contributed by atoms with E-state index in [4.69, 9.17) is 17.7 Å². The maximum Gasteiger partial charge on any atom is 0.343 e. The first kappa shape index (κ1) is 19.6. The highest BCUT2D eigenvalue weighted by molar-refractivity contribution is 7.00.